The second kappa shape index (κ2) is 8.64. The number of benzene rings is 2. The van der Waals surface area contributed by atoms with Gasteiger partial charge in [-0.3, -0.25) is 0 Å². The average molecular weight is 445 g/mol. The van der Waals surface area contributed by atoms with E-state index in [0.717, 1.165) is 48.9 Å². The van der Waals surface area contributed by atoms with E-state index in [1.165, 1.54) is 16.9 Å². The number of anilines is 1. The second-order valence-electron chi connectivity index (χ2n) is 8.67. The molecule has 2 aromatic heterocycles. The molecular weight excluding hydrogens is 419 g/mol. The van der Waals surface area contributed by atoms with E-state index in [1.54, 1.807) is 17.8 Å². The van der Waals surface area contributed by atoms with Crippen molar-refractivity contribution in [1.82, 2.24) is 24.8 Å². The minimum Gasteiger partial charge on any atom is -0.368 e. The Bertz CT molecular complexity index is 1350. The summed E-state index contributed by atoms with van der Waals surface area (Å²) in [5.41, 5.74) is 9.81. The fraction of sp³-hybridized carbons (Fsp3) is 0.333. The second-order valence-corrected chi connectivity index (χ2v) is 8.67. The van der Waals surface area contributed by atoms with Crippen molar-refractivity contribution >= 4 is 16.9 Å². The minimum absolute atomic E-state index is 0.0118. The molecule has 1 aliphatic carbocycles. The molecule has 8 nitrogen and oxygen atoms in total. The summed E-state index contributed by atoms with van der Waals surface area (Å²) in [6.45, 7) is 0.787. The number of hydrogen-bond acceptors (Lipinski definition) is 6. The summed E-state index contributed by atoms with van der Waals surface area (Å²) in [4.78, 5) is 1.52. The van der Waals surface area contributed by atoms with Crippen molar-refractivity contribution in [2.45, 2.75) is 31.7 Å². The number of nitrogens with one attached hydrogen (secondary N) is 1. The van der Waals surface area contributed by atoms with Crippen LogP contribution in [0.15, 0.2) is 42.5 Å². The minimum atomic E-state index is -0.558. The van der Waals surface area contributed by atoms with Gasteiger partial charge < -0.3 is 11.1 Å². The number of nitrogens with zero attached hydrogens (tertiary/aromatic N) is 6. The quantitative estimate of drug-likeness (QED) is 0.485. The zero-order valence-corrected chi connectivity index (χ0v) is 18.4. The third-order valence-corrected chi connectivity index (χ3v) is 6.20. The van der Waals surface area contributed by atoms with E-state index in [4.69, 9.17) is 16.1 Å². The molecule has 0 unspecified atom stereocenters. The summed E-state index contributed by atoms with van der Waals surface area (Å²) in [6, 6.07) is 14.3. The number of halogens is 1. The highest BCUT2D eigenvalue weighted by Crippen LogP contribution is 2.29. The molecule has 5 rings (SSSR count). The van der Waals surface area contributed by atoms with Gasteiger partial charge in [0.1, 0.15) is 28.7 Å². The molecule has 0 saturated heterocycles. The van der Waals surface area contributed by atoms with E-state index in [0.29, 0.717) is 23.0 Å². The van der Waals surface area contributed by atoms with Crippen LogP contribution in [0.2, 0.25) is 0 Å². The van der Waals surface area contributed by atoms with E-state index in [1.807, 2.05) is 30.3 Å². The molecule has 0 aliphatic heterocycles. The Morgan fingerprint density at radius 2 is 1.97 bits per heavy atom. The maximum Gasteiger partial charge on any atom is 0.149 e. The van der Waals surface area contributed by atoms with Crippen LogP contribution in [0.3, 0.4) is 0 Å². The standard InChI is InChI=1S/C24H25FN8/c1-32-29-21-8-7-19(11-22(21)30-32)33-23(16-5-6-17(13-26)20(25)10-16)12-24(31-33)28-14-15-3-2-4-18(27)9-15/h5-8,10-12,15,18H,2-4,9,14,27H2,1H3,(H,28,31)/t15-,18-/m0/s1. The number of aromatic nitrogens is 5. The first-order chi connectivity index (χ1) is 16.0. The van der Waals surface area contributed by atoms with E-state index < -0.39 is 5.82 Å². The molecule has 0 bridgehead atoms. The highest BCUT2D eigenvalue weighted by molar-refractivity contribution is 5.77. The molecule has 9 heteroatoms. The lowest BCUT2D eigenvalue weighted by atomic mass is 9.86. The molecule has 4 aromatic rings. The van der Waals surface area contributed by atoms with Crippen LogP contribution < -0.4 is 11.1 Å². The first kappa shape index (κ1) is 21.1. The number of hydrogen-bond donors (Lipinski definition) is 2. The summed E-state index contributed by atoms with van der Waals surface area (Å²) < 4.78 is 16.2. The van der Waals surface area contributed by atoms with Crippen molar-refractivity contribution in [1.29, 1.82) is 5.26 Å². The van der Waals surface area contributed by atoms with Crippen molar-refractivity contribution in [2.24, 2.45) is 18.7 Å². The van der Waals surface area contributed by atoms with Crippen LogP contribution >= 0.6 is 0 Å². The van der Waals surface area contributed by atoms with Crippen LogP contribution in [0, 0.1) is 23.1 Å². The maximum absolute atomic E-state index is 14.4. The van der Waals surface area contributed by atoms with E-state index in [-0.39, 0.29) is 11.6 Å². The highest BCUT2D eigenvalue weighted by atomic mass is 19.1. The Kier molecular flexibility index (Phi) is 5.52. The summed E-state index contributed by atoms with van der Waals surface area (Å²) in [6.07, 6.45) is 4.39. The molecule has 2 aromatic carbocycles. The summed E-state index contributed by atoms with van der Waals surface area (Å²) in [5.74, 6) is 0.650. The first-order valence-electron chi connectivity index (χ1n) is 11.1. The van der Waals surface area contributed by atoms with Gasteiger partial charge in [-0.2, -0.15) is 20.3 Å². The molecule has 1 aliphatic rings. The van der Waals surface area contributed by atoms with Gasteiger partial charge >= 0.3 is 0 Å². The van der Waals surface area contributed by atoms with Gasteiger partial charge in [0.25, 0.3) is 0 Å². The predicted octanol–water partition coefficient (Wildman–Crippen LogP) is 3.76. The number of nitrogens with two attached hydrogens (primary N) is 1. The SMILES string of the molecule is Cn1nc2ccc(-n3nc(NC[C@H]4CCC[C@H](N)C4)cc3-c3ccc(C#N)c(F)c3)cc2n1. The van der Waals surface area contributed by atoms with Crippen LogP contribution in [-0.4, -0.2) is 37.4 Å². The topological polar surface area (TPSA) is 110 Å². The molecule has 1 fully saturated rings. The van der Waals surface area contributed by atoms with Gasteiger partial charge in [0.2, 0.25) is 0 Å². The van der Waals surface area contributed by atoms with Crippen LogP contribution in [0.25, 0.3) is 28.0 Å². The lowest BCUT2D eigenvalue weighted by molar-refractivity contribution is 0.335. The molecule has 2 heterocycles. The number of nitriles is 1. The normalized spacial score (nSPS) is 18.4. The first-order valence-corrected chi connectivity index (χ1v) is 11.1. The Balaban J connectivity index is 1.52. The zero-order chi connectivity index (χ0) is 22.9. The molecular formula is C24H25FN8. The Hall–Kier alpha value is -3.77. The van der Waals surface area contributed by atoms with Crippen LogP contribution in [0.4, 0.5) is 10.2 Å². The molecule has 168 valence electrons. The van der Waals surface area contributed by atoms with Crippen LogP contribution in [0.1, 0.15) is 31.2 Å². The smallest absolute Gasteiger partial charge is 0.149 e. The largest absolute Gasteiger partial charge is 0.368 e. The van der Waals surface area contributed by atoms with Crippen molar-refractivity contribution in [2.75, 3.05) is 11.9 Å². The monoisotopic (exact) mass is 444 g/mol. The Morgan fingerprint density at radius 3 is 2.76 bits per heavy atom. The number of aryl methyl sites for hydroxylation is 1. The third kappa shape index (κ3) is 4.30. The predicted molar refractivity (Wildman–Crippen MR) is 124 cm³/mol. The fourth-order valence-corrected chi connectivity index (χ4v) is 4.54. The summed E-state index contributed by atoms with van der Waals surface area (Å²) in [5, 5.41) is 26.0. The molecule has 0 spiro atoms. The summed E-state index contributed by atoms with van der Waals surface area (Å²) in [7, 11) is 1.78. The molecule has 0 radical (unpaired) electrons. The van der Waals surface area contributed by atoms with E-state index in [2.05, 4.69) is 15.5 Å². The van der Waals surface area contributed by atoms with Crippen molar-refractivity contribution in [3.63, 3.8) is 0 Å². The van der Waals surface area contributed by atoms with Gasteiger partial charge in [-0.1, -0.05) is 12.5 Å². The zero-order valence-electron chi connectivity index (χ0n) is 18.4. The van der Waals surface area contributed by atoms with Gasteiger partial charge in [0.15, 0.2) is 0 Å². The Labute approximate surface area is 190 Å². The molecule has 2 atom stereocenters. The van der Waals surface area contributed by atoms with Gasteiger partial charge in [0.05, 0.1) is 16.9 Å². The van der Waals surface area contributed by atoms with Gasteiger partial charge in [-0.05, 0) is 55.5 Å². The fourth-order valence-electron chi connectivity index (χ4n) is 4.54. The van der Waals surface area contributed by atoms with Crippen molar-refractivity contribution < 1.29 is 4.39 Å². The molecule has 33 heavy (non-hydrogen) atoms. The van der Waals surface area contributed by atoms with Crippen molar-refractivity contribution in [3.8, 4) is 23.0 Å². The van der Waals surface area contributed by atoms with E-state index >= 15 is 0 Å². The summed E-state index contributed by atoms with van der Waals surface area (Å²) >= 11 is 0. The third-order valence-electron chi connectivity index (χ3n) is 6.20. The molecule has 1 saturated carbocycles. The lowest BCUT2D eigenvalue weighted by Crippen LogP contribution is -2.31. The van der Waals surface area contributed by atoms with Crippen LogP contribution in [-0.2, 0) is 7.05 Å². The van der Waals surface area contributed by atoms with Crippen molar-refractivity contribution in [3.05, 3.63) is 53.8 Å². The Morgan fingerprint density at radius 1 is 1.12 bits per heavy atom. The average Bonchev–Trinajstić information content (AvgIpc) is 3.40. The lowest BCUT2D eigenvalue weighted by Gasteiger charge is -2.26. The maximum atomic E-state index is 14.4. The number of rotatable bonds is 5. The van der Waals surface area contributed by atoms with Gasteiger partial charge in [-0.25, -0.2) is 9.07 Å². The highest BCUT2D eigenvalue weighted by Gasteiger charge is 2.20. The van der Waals surface area contributed by atoms with Gasteiger partial charge in [-0.15, -0.1) is 5.10 Å². The van der Waals surface area contributed by atoms with E-state index in [9.17, 15) is 4.39 Å². The molecule has 3 N–H and O–H groups in total. The molecule has 0 amide bonds. The van der Waals surface area contributed by atoms with Gasteiger partial charge in [0, 0.05) is 31.3 Å². The van der Waals surface area contributed by atoms with Crippen LogP contribution in [0.5, 0.6) is 0 Å². The number of fused-ring (bicyclic) bond motifs is 1.